The predicted molar refractivity (Wildman–Crippen MR) is 246 cm³/mol. The second-order valence-electron chi connectivity index (χ2n) is 15.9. The molecule has 0 unspecified atom stereocenters. The number of phenolic OH excluding ortho intramolecular Hbond substituents is 2. The first-order chi connectivity index (χ1) is 29.7. The Morgan fingerprint density at radius 2 is 0.820 bits per heavy atom. The van der Waals surface area contributed by atoms with Crippen LogP contribution in [0.5, 0.6) is 23.0 Å². The molecule has 4 heterocycles. The summed E-state index contributed by atoms with van der Waals surface area (Å²) in [5.74, 6) is 1.35. The number of aromatic hydroxyl groups is 2. The van der Waals surface area contributed by atoms with Crippen LogP contribution in [-0.4, -0.2) is 41.5 Å². The van der Waals surface area contributed by atoms with Crippen molar-refractivity contribution < 1.29 is 19.7 Å². The smallest absolute Gasteiger partial charge is 0.149 e. The van der Waals surface area contributed by atoms with Crippen molar-refractivity contribution in [1.29, 1.82) is 0 Å². The van der Waals surface area contributed by atoms with Gasteiger partial charge in [0.15, 0.2) is 0 Å². The maximum atomic E-state index is 12.1. The van der Waals surface area contributed by atoms with E-state index >= 15 is 0 Å². The quantitative estimate of drug-likeness (QED) is 0.143. The molecule has 2 N–H and O–H groups in total. The van der Waals surface area contributed by atoms with E-state index in [-0.39, 0.29) is 23.7 Å². The van der Waals surface area contributed by atoms with Gasteiger partial charge in [0.2, 0.25) is 0 Å². The standard InChI is InChI=1S/C53H44N4O4/c1-32-27-40(52(58)46(29-32)56-42-19-9-5-15-36(42)37-16-6-10-20-43(37)56)50-48(23-13-25-54-50)60-34(3)31-35(4)61-49-24-14-26-55-51(49)41-28-33(2)30-47(53(41)59)57-44-21-11-7-17-38(44)39-18-8-12-22-45(39)57/h5-30,34-35,58-59H,31H2,1-4H3/t34-,35-/m1/s1. The minimum Gasteiger partial charge on any atom is -0.505 e. The summed E-state index contributed by atoms with van der Waals surface area (Å²) in [5, 5.41) is 28.6. The van der Waals surface area contributed by atoms with Gasteiger partial charge in [-0.15, -0.1) is 0 Å². The number of aromatic nitrogens is 4. The number of aryl methyl sites for hydroxylation is 2. The van der Waals surface area contributed by atoms with Crippen molar-refractivity contribution >= 4 is 43.6 Å². The maximum absolute atomic E-state index is 12.1. The lowest BCUT2D eigenvalue weighted by atomic mass is 10.0. The molecule has 10 aromatic rings. The zero-order valence-electron chi connectivity index (χ0n) is 34.4. The Hall–Kier alpha value is -7.58. The Morgan fingerprint density at radius 1 is 0.475 bits per heavy atom. The van der Waals surface area contributed by atoms with E-state index in [1.165, 1.54) is 0 Å². The van der Waals surface area contributed by atoms with E-state index in [0.29, 0.717) is 51.8 Å². The van der Waals surface area contributed by atoms with Crippen molar-refractivity contribution in [2.45, 2.75) is 46.3 Å². The first-order valence-corrected chi connectivity index (χ1v) is 20.6. The molecular formula is C53H44N4O4. The highest BCUT2D eigenvalue weighted by molar-refractivity contribution is 6.10. The van der Waals surface area contributed by atoms with Gasteiger partial charge >= 0.3 is 0 Å². The number of phenols is 2. The second kappa shape index (κ2) is 15.2. The van der Waals surface area contributed by atoms with Gasteiger partial charge < -0.3 is 28.8 Å². The molecule has 0 aliphatic heterocycles. The molecule has 0 bridgehead atoms. The van der Waals surface area contributed by atoms with Crippen molar-refractivity contribution in [3.05, 3.63) is 169 Å². The average molecular weight is 801 g/mol. The average Bonchev–Trinajstić information content (AvgIpc) is 3.78. The van der Waals surface area contributed by atoms with Gasteiger partial charge in [-0.1, -0.05) is 72.8 Å². The van der Waals surface area contributed by atoms with Crippen LogP contribution in [0.1, 0.15) is 31.4 Å². The minimum absolute atomic E-state index is 0.120. The van der Waals surface area contributed by atoms with Crippen LogP contribution in [0.15, 0.2) is 158 Å². The van der Waals surface area contributed by atoms with Crippen LogP contribution in [0.3, 0.4) is 0 Å². The van der Waals surface area contributed by atoms with Crippen LogP contribution in [0.25, 0.3) is 77.5 Å². The Bertz CT molecular complexity index is 2970. The topological polar surface area (TPSA) is 94.6 Å². The van der Waals surface area contributed by atoms with E-state index in [1.807, 2.05) is 125 Å². The number of fused-ring (bicyclic) bond motifs is 6. The number of benzene rings is 6. The summed E-state index contributed by atoms with van der Waals surface area (Å²) >= 11 is 0. The van der Waals surface area contributed by atoms with Crippen LogP contribution in [-0.2, 0) is 0 Å². The summed E-state index contributed by atoms with van der Waals surface area (Å²) in [7, 11) is 0. The number of ether oxygens (including phenoxy) is 2. The van der Waals surface area contributed by atoms with Crippen LogP contribution in [0, 0.1) is 13.8 Å². The molecule has 0 spiro atoms. The number of hydrogen-bond acceptors (Lipinski definition) is 6. The summed E-state index contributed by atoms with van der Waals surface area (Å²) in [4.78, 5) is 9.52. The molecule has 10 rings (SSSR count). The highest BCUT2D eigenvalue weighted by atomic mass is 16.5. The Labute approximate surface area is 353 Å². The molecule has 6 aromatic carbocycles. The molecule has 0 radical (unpaired) electrons. The molecule has 8 nitrogen and oxygen atoms in total. The van der Waals surface area contributed by atoms with Gasteiger partial charge in [0.05, 0.1) is 45.6 Å². The van der Waals surface area contributed by atoms with Gasteiger partial charge in [-0.05, 0) is 112 Å². The number of rotatable bonds is 10. The lowest BCUT2D eigenvalue weighted by Gasteiger charge is -2.23. The number of para-hydroxylation sites is 4. The monoisotopic (exact) mass is 800 g/mol. The Morgan fingerprint density at radius 3 is 1.18 bits per heavy atom. The lowest BCUT2D eigenvalue weighted by molar-refractivity contribution is 0.131. The molecule has 300 valence electrons. The van der Waals surface area contributed by atoms with Gasteiger partial charge in [-0.3, -0.25) is 9.97 Å². The van der Waals surface area contributed by atoms with E-state index in [4.69, 9.17) is 19.4 Å². The highest BCUT2D eigenvalue weighted by Crippen LogP contribution is 2.44. The molecule has 61 heavy (non-hydrogen) atoms. The fourth-order valence-corrected chi connectivity index (χ4v) is 8.96. The van der Waals surface area contributed by atoms with Gasteiger partial charge in [-0.25, -0.2) is 0 Å². The molecule has 0 aliphatic carbocycles. The van der Waals surface area contributed by atoms with Crippen molar-refractivity contribution in [2.24, 2.45) is 0 Å². The normalized spacial score (nSPS) is 12.7. The fraction of sp³-hybridized carbons (Fsp3) is 0.132. The van der Waals surface area contributed by atoms with E-state index in [9.17, 15) is 10.2 Å². The van der Waals surface area contributed by atoms with E-state index in [0.717, 1.165) is 54.7 Å². The molecule has 0 fully saturated rings. The first kappa shape index (κ1) is 37.7. The number of hydrogen-bond donors (Lipinski definition) is 2. The fourth-order valence-electron chi connectivity index (χ4n) is 8.96. The third kappa shape index (κ3) is 6.57. The molecule has 0 aliphatic rings. The van der Waals surface area contributed by atoms with Crippen LogP contribution in [0.2, 0.25) is 0 Å². The van der Waals surface area contributed by atoms with Crippen LogP contribution < -0.4 is 9.47 Å². The van der Waals surface area contributed by atoms with Crippen molar-refractivity contribution in [3.63, 3.8) is 0 Å². The van der Waals surface area contributed by atoms with Gasteiger partial charge in [0.1, 0.15) is 34.4 Å². The molecule has 0 saturated heterocycles. The molecule has 4 aromatic heterocycles. The zero-order chi connectivity index (χ0) is 41.8. The molecular weight excluding hydrogens is 757 g/mol. The number of pyridine rings is 2. The third-order valence-electron chi connectivity index (χ3n) is 11.5. The summed E-state index contributed by atoms with van der Waals surface area (Å²) < 4.78 is 17.5. The SMILES string of the molecule is Cc1cc(-c2ncccc2O[C@H](C)C[C@@H](C)Oc2cccnc2-c2cc(C)cc(-n3c4ccccc4c4ccccc43)c2O)c(O)c(-n2c3ccccc3c3ccccc32)c1. The summed E-state index contributed by atoms with van der Waals surface area (Å²) in [5.41, 5.74) is 9.61. The van der Waals surface area contributed by atoms with Crippen molar-refractivity contribution in [3.8, 4) is 56.9 Å². The first-order valence-electron chi connectivity index (χ1n) is 20.6. The Kier molecular flexibility index (Phi) is 9.40. The molecule has 0 amide bonds. The van der Waals surface area contributed by atoms with Crippen LogP contribution >= 0.6 is 0 Å². The van der Waals surface area contributed by atoms with Crippen molar-refractivity contribution in [1.82, 2.24) is 19.1 Å². The largest absolute Gasteiger partial charge is 0.505 e. The van der Waals surface area contributed by atoms with Gasteiger partial charge in [0.25, 0.3) is 0 Å². The van der Waals surface area contributed by atoms with Gasteiger partial charge in [-0.2, -0.15) is 0 Å². The van der Waals surface area contributed by atoms with E-state index in [2.05, 4.69) is 57.7 Å². The van der Waals surface area contributed by atoms with Crippen molar-refractivity contribution in [2.75, 3.05) is 0 Å². The summed E-state index contributed by atoms with van der Waals surface area (Å²) in [6, 6.07) is 48.4. The maximum Gasteiger partial charge on any atom is 0.149 e. The minimum atomic E-state index is -0.295. The zero-order valence-corrected chi connectivity index (χ0v) is 34.4. The summed E-state index contributed by atoms with van der Waals surface area (Å²) in [6.07, 6.45) is 3.38. The molecule has 2 atom stereocenters. The predicted octanol–water partition coefficient (Wildman–Crippen LogP) is 12.7. The Balaban J connectivity index is 0.936. The molecule has 0 saturated carbocycles. The second-order valence-corrected chi connectivity index (χ2v) is 15.9. The third-order valence-corrected chi connectivity index (χ3v) is 11.5. The van der Waals surface area contributed by atoms with Gasteiger partial charge in [0, 0.05) is 51.5 Å². The molecule has 8 heteroatoms. The van der Waals surface area contributed by atoms with E-state index < -0.39 is 0 Å². The highest BCUT2D eigenvalue weighted by Gasteiger charge is 2.24. The lowest BCUT2D eigenvalue weighted by Crippen LogP contribution is -2.23. The van der Waals surface area contributed by atoms with E-state index in [1.54, 1.807) is 12.4 Å². The number of nitrogens with zero attached hydrogens (tertiary/aromatic N) is 4. The van der Waals surface area contributed by atoms with Crippen LogP contribution in [0.4, 0.5) is 0 Å². The summed E-state index contributed by atoms with van der Waals surface area (Å²) in [6.45, 7) is 8.06.